The number of nitrogens with one attached hydrogen (secondary N) is 1. The van der Waals surface area contributed by atoms with E-state index in [0.717, 1.165) is 10.8 Å². The second-order valence-electron chi connectivity index (χ2n) is 5.01. The predicted molar refractivity (Wildman–Crippen MR) is 78.3 cm³/mol. The first-order valence-corrected chi connectivity index (χ1v) is 6.97. The molecule has 118 valence electrons. The Morgan fingerprint density at radius 1 is 1.18 bits per heavy atom. The number of hydroxylamine groups is 1. The molecule has 0 amide bonds. The van der Waals surface area contributed by atoms with Gasteiger partial charge >= 0.3 is 6.18 Å². The standard InChI is InChI=1S/C16H17F3N2O/c17-16(18,19)15(10-20-22)8-2-1-5-9-21-11-13-6-3-4-7-14(13)12-21/h3-4,6-7,11-12,15,20,22H,1,5,9-10H2. The van der Waals surface area contributed by atoms with Crippen LogP contribution in [0.1, 0.15) is 12.8 Å². The van der Waals surface area contributed by atoms with Gasteiger partial charge in [0.1, 0.15) is 5.92 Å². The van der Waals surface area contributed by atoms with Crippen LogP contribution in [0.3, 0.4) is 0 Å². The molecule has 2 rings (SSSR count). The van der Waals surface area contributed by atoms with E-state index in [1.807, 2.05) is 41.2 Å². The minimum atomic E-state index is -4.43. The molecule has 1 heterocycles. The molecule has 1 unspecified atom stereocenters. The van der Waals surface area contributed by atoms with Gasteiger partial charge in [0.25, 0.3) is 0 Å². The number of unbranched alkanes of at least 4 members (excludes halogenated alkanes) is 1. The van der Waals surface area contributed by atoms with Crippen molar-refractivity contribution in [3.8, 4) is 11.8 Å². The lowest BCUT2D eigenvalue weighted by molar-refractivity contribution is -0.161. The molecular weight excluding hydrogens is 293 g/mol. The average molecular weight is 310 g/mol. The summed E-state index contributed by atoms with van der Waals surface area (Å²) in [7, 11) is 0. The highest BCUT2D eigenvalue weighted by Crippen LogP contribution is 2.25. The second-order valence-corrected chi connectivity index (χ2v) is 5.01. The molecule has 1 aromatic heterocycles. The lowest BCUT2D eigenvalue weighted by Gasteiger charge is -2.13. The Kier molecular flexibility index (Phi) is 5.47. The second kappa shape index (κ2) is 7.34. The van der Waals surface area contributed by atoms with Crippen LogP contribution in [0.5, 0.6) is 0 Å². The topological polar surface area (TPSA) is 37.2 Å². The van der Waals surface area contributed by atoms with Crippen LogP contribution in [0.25, 0.3) is 10.8 Å². The first kappa shape index (κ1) is 16.4. The lowest BCUT2D eigenvalue weighted by Crippen LogP contribution is -2.31. The van der Waals surface area contributed by atoms with Crippen molar-refractivity contribution >= 4 is 10.8 Å². The van der Waals surface area contributed by atoms with Crippen molar-refractivity contribution in [1.29, 1.82) is 0 Å². The molecule has 1 aromatic carbocycles. The Morgan fingerprint density at radius 3 is 2.36 bits per heavy atom. The number of rotatable bonds is 5. The largest absolute Gasteiger partial charge is 0.403 e. The normalized spacial score (nSPS) is 12.9. The van der Waals surface area contributed by atoms with Gasteiger partial charge in [-0.05, 0) is 17.2 Å². The molecule has 2 N–H and O–H groups in total. The molecule has 6 heteroatoms. The van der Waals surface area contributed by atoms with E-state index in [9.17, 15) is 13.2 Å². The fourth-order valence-electron chi connectivity index (χ4n) is 2.15. The van der Waals surface area contributed by atoms with Gasteiger partial charge in [-0.2, -0.15) is 13.2 Å². The third kappa shape index (κ3) is 4.52. The van der Waals surface area contributed by atoms with Gasteiger partial charge in [0, 0.05) is 31.9 Å². The maximum Gasteiger partial charge on any atom is 0.403 e. The van der Waals surface area contributed by atoms with Crippen molar-refractivity contribution in [2.24, 2.45) is 5.92 Å². The molecule has 0 bridgehead atoms. The zero-order chi connectivity index (χ0) is 16.0. The minimum absolute atomic E-state index is 0.381. The van der Waals surface area contributed by atoms with Crippen molar-refractivity contribution in [2.45, 2.75) is 25.6 Å². The van der Waals surface area contributed by atoms with Gasteiger partial charge in [0.2, 0.25) is 0 Å². The van der Waals surface area contributed by atoms with Crippen LogP contribution in [0, 0.1) is 17.8 Å². The Bertz CT molecular complexity index is 634. The molecule has 3 nitrogen and oxygen atoms in total. The molecule has 0 fully saturated rings. The van der Waals surface area contributed by atoms with E-state index in [-0.39, 0.29) is 0 Å². The number of hydrogen-bond acceptors (Lipinski definition) is 2. The van der Waals surface area contributed by atoms with Crippen LogP contribution in [0.4, 0.5) is 13.2 Å². The van der Waals surface area contributed by atoms with Crippen molar-refractivity contribution in [3.05, 3.63) is 36.7 Å². The number of aryl methyl sites for hydroxylation is 1. The third-order valence-electron chi connectivity index (χ3n) is 3.29. The number of nitrogens with zero attached hydrogens (tertiary/aromatic N) is 1. The van der Waals surface area contributed by atoms with Crippen molar-refractivity contribution < 1.29 is 18.4 Å². The molecule has 0 aliphatic rings. The molecule has 22 heavy (non-hydrogen) atoms. The average Bonchev–Trinajstić information content (AvgIpc) is 2.87. The van der Waals surface area contributed by atoms with E-state index in [1.165, 1.54) is 5.48 Å². The molecule has 0 saturated heterocycles. The third-order valence-corrected chi connectivity index (χ3v) is 3.29. The number of halogens is 3. The monoisotopic (exact) mass is 310 g/mol. The highest BCUT2D eigenvalue weighted by atomic mass is 19.4. The SMILES string of the molecule is ONCC(C#CCCCn1cc2ccccc2c1)C(F)(F)F. The van der Waals surface area contributed by atoms with Crippen LogP contribution in [-0.4, -0.2) is 22.5 Å². The fraction of sp³-hybridized carbons (Fsp3) is 0.375. The van der Waals surface area contributed by atoms with E-state index in [2.05, 4.69) is 11.8 Å². The summed E-state index contributed by atoms with van der Waals surface area (Å²) in [6.45, 7) is 0.0950. The number of aromatic nitrogens is 1. The van der Waals surface area contributed by atoms with E-state index in [0.29, 0.717) is 19.4 Å². The molecule has 0 aliphatic heterocycles. The van der Waals surface area contributed by atoms with E-state index < -0.39 is 18.6 Å². The zero-order valence-electron chi connectivity index (χ0n) is 11.9. The highest BCUT2D eigenvalue weighted by Gasteiger charge is 2.38. The molecule has 0 aliphatic carbocycles. The van der Waals surface area contributed by atoms with Gasteiger partial charge in [-0.25, -0.2) is 5.48 Å². The lowest BCUT2D eigenvalue weighted by atomic mass is 10.1. The molecule has 0 spiro atoms. The summed E-state index contributed by atoms with van der Waals surface area (Å²) in [4.78, 5) is 0. The Morgan fingerprint density at radius 2 is 1.82 bits per heavy atom. The van der Waals surface area contributed by atoms with Gasteiger partial charge in [-0.15, -0.1) is 5.92 Å². The van der Waals surface area contributed by atoms with E-state index in [1.54, 1.807) is 0 Å². The Balaban J connectivity index is 1.85. The summed E-state index contributed by atoms with van der Waals surface area (Å²) in [5.41, 5.74) is 1.53. The van der Waals surface area contributed by atoms with E-state index in [4.69, 9.17) is 5.21 Å². The highest BCUT2D eigenvalue weighted by molar-refractivity contribution is 5.81. The van der Waals surface area contributed by atoms with Crippen LogP contribution < -0.4 is 5.48 Å². The first-order chi connectivity index (χ1) is 10.5. The van der Waals surface area contributed by atoms with Crippen LogP contribution in [0.2, 0.25) is 0 Å². The smallest absolute Gasteiger partial charge is 0.353 e. The molecule has 0 saturated carbocycles. The van der Waals surface area contributed by atoms with Crippen LogP contribution in [0.15, 0.2) is 36.7 Å². The van der Waals surface area contributed by atoms with Gasteiger partial charge in [0.05, 0.1) is 0 Å². The molecule has 1 atom stereocenters. The van der Waals surface area contributed by atoms with Crippen molar-refractivity contribution in [2.75, 3.05) is 6.54 Å². The van der Waals surface area contributed by atoms with Gasteiger partial charge < -0.3 is 9.77 Å². The first-order valence-electron chi connectivity index (χ1n) is 6.97. The number of hydrogen-bond donors (Lipinski definition) is 2. The van der Waals surface area contributed by atoms with Crippen molar-refractivity contribution in [1.82, 2.24) is 10.0 Å². The van der Waals surface area contributed by atoms with E-state index >= 15 is 0 Å². The van der Waals surface area contributed by atoms with Gasteiger partial charge in [-0.1, -0.05) is 30.2 Å². The summed E-state index contributed by atoms with van der Waals surface area (Å²) in [6.07, 6.45) is 0.645. The number of benzene rings is 1. The van der Waals surface area contributed by atoms with Gasteiger partial charge in [0.15, 0.2) is 0 Å². The number of alkyl halides is 3. The summed E-state index contributed by atoms with van der Waals surface area (Å²) in [5, 5.41) is 10.7. The predicted octanol–water partition coefficient (Wildman–Crippen LogP) is 3.58. The van der Waals surface area contributed by atoms with Crippen LogP contribution in [-0.2, 0) is 6.54 Å². The molecule has 2 aromatic rings. The Labute approximate surface area is 126 Å². The quantitative estimate of drug-likeness (QED) is 0.503. The molecular formula is C16H17F3N2O. The van der Waals surface area contributed by atoms with Gasteiger partial charge in [-0.3, -0.25) is 0 Å². The minimum Gasteiger partial charge on any atom is -0.353 e. The zero-order valence-corrected chi connectivity index (χ0v) is 11.9. The molecule has 0 radical (unpaired) electrons. The summed E-state index contributed by atoms with van der Waals surface area (Å²) in [5.74, 6) is 2.87. The van der Waals surface area contributed by atoms with Crippen LogP contribution >= 0.6 is 0 Å². The summed E-state index contributed by atoms with van der Waals surface area (Å²) >= 11 is 0. The fourth-order valence-corrected chi connectivity index (χ4v) is 2.15. The maximum absolute atomic E-state index is 12.5. The summed E-state index contributed by atoms with van der Waals surface area (Å²) in [6, 6.07) is 7.96. The maximum atomic E-state index is 12.5. The Hall–Kier alpha value is -1.97. The number of fused-ring (bicyclic) bond motifs is 1. The van der Waals surface area contributed by atoms with Crippen molar-refractivity contribution in [3.63, 3.8) is 0 Å². The summed E-state index contributed by atoms with van der Waals surface area (Å²) < 4.78 is 39.6.